The van der Waals surface area contributed by atoms with Crippen molar-refractivity contribution in [1.29, 1.82) is 0 Å². The quantitative estimate of drug-likeness (QED) is 0.787. The number of benzene rings is 1. The fraction of sp³-hybridized carbons (Fsp3) is 0.500. The fourth-order valence-electron chi connectivity index (χ4n) is 2.41. The average Bonchev–Trinajstić information content (AvgIpc) is 3.08. The second kappa shape index (κ2) is 8.11. The number of rotatable bonds is 8. The Morgan fingerprint density at radius 1 is 1.32 bits per heavy atom. The van der Waals surface area contributed by atoms with Crippen LogP contribution >= 0.6 is 0 Å². The van der Waals surface area contributed by atoms with E-state index < -0.39 is 0 Å². The summed E-state index contributed by atoms with van der Waals surface area (Å²) in [7, 11) is 3.40. The van der Waals surface area contributed by atoms with Crippen molar-refractivity contribution >= 4 is 5.91 Å². The Hall–Kier alpha value is -2.41. The van der Waals surface area contributed by atoms with Gasteiger partial charge in [0.1, 0.15) is 5.75 Å². The summed E-state index contributed by atoms with van der Waals surface area (Å²) in [4.78, 5) is 18.3. The van der Waals surface area contributed by atoms with Crippen molar-refractivity contribution in [3.05, 3.63) is 30.2 Å². The Bertz CT molecular complexity index is 695. The summed E-state index contributed by atoms with van der Waals surface area (Å²) >= 11 is 0. The van der Waals surface area contributed by atoms with E-state index in [1.54, 1.807) is 19.1 Å². The maximum Gasteiger partial charge on any atom is 0.227 e. The molecule has 136 valence electrons. The third-order valence-corrected chi connectivity index (χ3v) is 4.01. The van der Waals surface area contributed by atoms with Crippen LogP contribution in [0.4, 0.5) is 0 Å². The first-order chi connectivity index (χ1) is 11.8. The van der Waals surface area contributed by atoms with Crippen LogP contribution < -0.4 is 10.5 Å². The van der Waals surface area contributed by atoms with Crippen molar-refractivity contribution in [1.82, 2.24) is 15.0 Å². The Morgan fingerprint density at radius 2 is 2.00 bits per heavy atom. The topological polar surface area (TPSA) is 94.5 Å². The van der Waals surface area contributed by atoms with Gasteiger partial charge in [-0.1, -0.05) is 19.0 Å². The first kappa shape index (κ1) is 18.9. The molecule has 7 nitrogen and oxygen atoms in total. The molecule has 0 saturated carbocycles. The molecule has 25 heavy (non-hydrogen) atoms. The Balaban J connectivity index is 1.91. The minimum absolute atomic E-state index is 0.0331. The molecule has 0 saturated heterocycles. The van der Waals surface area contributed by atoms with Crippen LogP contribution in [0, 0.1) is 5.41 Å². The van der Waals surface area contributed by atoms with Gasteiger partial charge >= 0.3 is 0 Å². The van der Waals surface area contributed by atoms with E-state index in [0.717, 1.165) is 11.3 Å². The molecule has 0 bridgehead atoms. The number of amides is 1. The summed E-state index contributed by atoms with van der Waals surface area (Å²) in [5, 5.41) is 3.97. The van der Waals surface area contributed by atoms with Crippen LogP contribution in [0.25, 0.3) is 11.4 Å². The van der Waals surface area contributed by atoms with E-state index >= 15 is 0 Å². The molecule has 0 spiro atoms. The van der Waals surface area contributed by atoms with Gasteiger partial charge in [0.15, 0.2) is 0 Å². The number of carbonyl (C=O) groups excluding carboxylic acids is 1. The molecule has 0 atom stereocenters. The Kier molecular flexibility index (Phi) is 6.14. The monoisotopic (exact) mass is 346 g/mol. The van der Waals surface area contributed by atoms with E-state index in [4.69, 9.17) is 15.0 Å². The lowest BCUT2D eigenvalue weighted by Crippen LogP contribution is -2.39. The molecule has 1 amide bonds. The summed E-state index contributed by atoms with van der Waals surface area (Å²) in [5.74, 6) is 1.75. The highest BCUT2D eigenvalue weighted by Crippen LogP contribution is 2.20. The normalized spacial score (nSPS) is 11.4. The number of ether oxygens (including phenoxy) is 1. The number of nitrogens with zero attached hydrogens (tertiary/aromatic N) is 3. The molecule has 1 aromatic carbocycles. The number of hydrogen-bond acceptors (Lipinski definition) is 6. The molecule has 2 rings (SSSR count). The van der Waals surface area contributed by atoms with Gasteiger partial charge in [0.25, 0.3) is 0 Å². The largest absolute Gasteiger partial charge is 0.497 e. The minimum Gasteiger partial charge on any atom is -0.497 e. The van der Waals surface area contributed by atoms with Gasteiger partial charge in [0.05, 0.1) is 7.11 Å². The molecule has 0 unspecified atom stereocenters. The summed E-state index contributed by atoms with van der Waals surface area (Å²) in [5.41, 5.74) is 6.45. The lowest BCUT2D eigenvalue weighted by molar-refractivity contribution is -0.131. The number of nitrogens with two attached hydrogens (primary N) is 1. The Morgan fingerprint density at radius 3 is 2.60 bits per heavy atom. The molecule has 2 aromatic rings. The van der Waals surface area contributed by atoms with Crippen molar-refractivity contribution in [2.75, 3.05) is 27.2 Å². The van der Waals surface area contributed by atoms with E-state index in [2.05, 4.69) is 10.1 Å². The zero-order valence-corrected chi connectivity index (χ0v) is 15.3. The molecule has 7 heteroatoms. The van der Waals surface area contributed by atoms with Gasteiger partial charge in [-0.25, -0.2) is 0 Å². The maximum atomic E-state index is 12.2. The van der Waals surface area contributed by atoms with E-state index in [-0.39, 0.29) is 11.3 Å². The first-order valence-corrected chi connectivity index (χ1v) is 8.25. The van der Waals surface area contributed by atoms with E-state index in [1.807, 2.05) is 38.1 Å². The third kappa shape index (κ3) is 5.29. The van der Waals surface area contributed by atoms with E-state index in [9.17, 15) is 4.79 Å². The predicted molar refractivity (Wildman–Crippen MR) is 95.1 cm³/mol. The van der Waals surface area contributed by atoms with Gasteiger partial charge in [-0.15, -0.1) is 0 Å². The molecule has 0 fully saturated rings. The van der Waals surface area contributed by atoms with Crippen LogP contribution in [0.3, 0.4) is 0 Å². The predicted octanol–water partition coefficient (Wildman–Crippen LogP) is 2.12. The number of aryl methyl sites for hydroxylation is 1. The highest BCUT2D eigenvalue weighted by molar-refractivity contribution is 5.76. The van der Waals surface area contributed by atoms with Gasteiger partial charge in [-0.05, 0) is 36.2 Å². The fourth-order valence-corrected chi connectivity index (χ4v) is 2.41. The van der Waals surface area contributed by atoms with Crippen LogP contribution in [-0.2, 0) is 11.2 Å². The SMILES string of the molecule is COc1ccc(-c2noc(CCC(=O)N(C)CC(C)(C)CN)n2)cc1. The zero-order valence-electron chi connectivity index (χ0n) is 15.3. The van der Waals surface area contributed by atoms with Gasteiger partial charge < -0.3 is 19.9 Å². The van der Waals surface area contributed by atoms with Crippen LogP contribution in [-0.4, -0.2) is 48.2 Å². The molecule has 0 radical (unpaired) electrons. The third-order valence-electron chi connectivity index (χ3n) is 4.01. The minimum atomic E-state index is -0.101. The van der Waals surface area contributed by atoms with Crippen LogP contribution in [0.2, 0.25) is 0 Å². The van der Waals surface area contributed by atoms with Crippen LogP contribution in [0.1, 0.15) is 26.2 Å². The summed E-state index contributed by atoms with van der Waals surface area (Å²) in [6, 6.07) is 7.40. The smallest absolute Gasteiger partial charge is 0.227 e. The van der Waals surface area contributed by atoms with Crippen LogP contribution in [0.5, 0.6) is 5.75 Å². The molecular formula is C18H26N4O3. The van der Waals surface area contributed by atoms with Crippen molar-refractivity contribution < 1.29 is 14.1 Å². The molecule has 2 N–H and O–H groups in total. The lowest BCUT2D eigenvalue weighted by Gasteiger charge is -2.29. The molecule has 1 heterocycles. The van der Waals surface area contributed by atoms with Crippen molar-refractivity contribution in [2.45, 2.75) is 26.7 Å². The summed E-state index contributed by atoms with van der Waals surface area (Å²) < 4.78 is 10.4. The van der Waals surface area contributed by atoms with Gasteiger partial charge in [0.2, 0.25) is 17.6 Å². The molecular weight excluding hydrogens is 320 g/mol. The zero-order chi connectivity index (χ0) is 18.4. The second-order valence-electron chi connectivity index (χ2n) is 6.86. The van der Waals surface area contributed by atoms with Crippen molar-refractivity contribution in [2.24, 2.45) is 11.1 Å². The molecule has 1 aromatic heterocycles. The van der Waals surface area contributed by atoms with Crippen molar-refractivity contribution in [3.8, 4) is 17.1 Å². The number of aromatic nitrogens is 2. The standard InChI is InChI=1S/C18H26N4O3/c1-18(2,11-19)12-22(3)16(23)10-9-15-20-17(21-25-15)13-5-7-14(24-4)8-6-13/h5-8H,9-12,19H2,1-4H3. The summed E-state index contributed by atoms with van der Waals surface area (Å²) in [6.45, 7) is 5.22. The highest BCUT2D eigenvalue weighted by Gasteiger charge is 2.21. The molecule has 0 aliphatic carbocycles. The van der Waals surface area contributed by atoms with Gasteiger partial charge in [0, 0.05) is 32.0 Å². The first-order valence-electron chi connectivity index (χ1n) is 8.25. The average molecular weight is 346 g/mol. The van der Waals surface area contributed by atoms with E-state index in [0.29, 0.717) is 37.6 Å². The molecule has 0 aliphatic heterocycles. The van der Waals surface area contributed by atoms with Crippen LogP contribution in [0.15, 0.2) is 28.8 Å². The number of methoxy groups -OCH3 is 1. The summed E-state index contributed by atoms with van der Waals surface area (Å²) in [6.07, 6.45) is 0.733. The highest BCUT2D eigenvalue weighted by atomic mass is 16.5. The number of hydrogen-bond donors (Lipinski definition) is 1. The Labute approximate surface area is 148 Å². The van der Waals surface area contributed by atoms with Gasteiger partial charge in [-0.3, -0.25) is 4.79 Å². The maximum absolute atomic E-state index is 12.2. The number of carbonyl (C=O) groups is 1. The van der Waals surface area contributed by atoms with E-state index in [1.165, 1.54) is 0 Å². The van der Waals surface area contributed by atoms with Gasteiger partial charge in [-0.2, -0.15) is 4.98 Å². The lowest BCUT2D eigenvalue weighted by atomic mass is 9.93. The van der Waals surface area contributed by atoms with Crippen molar-refractivity contribution in [3.63, 3.8) is 0 Å². The second-order valence-corrected chi connectivity index (χ2v) is 6.86. The molecule has 0 aliphatic rings.